The summed E-state index contributed by atoms with van der Waals surface area (Å²) in [7, 11) is 0. The molecule has 36 heavy (non-hydrogen) atoms. The minimum atomic E-state index is -4.04. The van der Waals surface area contributed by atoms with Crippen molar-refractivity contribution in [3.8, 4) is 28.3 Å². The molecule has 4 nitrogen and oxygen atoms in total. The minimum Gasteiger partial charge on any atom is -0.427 e. The van der Waals surface area contributed by atoms with E-state index in [9.17, 15) is 26.3 Å². The molecule has 11 heteroatoms. The maximum Gasteiger partial charge on any atom is 0.454 e. The van der Waals surface area contributed by atoms with Crippen LogP contribution < -0.4 is 4.74 Å². The van der Waals surface area contributed by atoms with Gasteiger partial charge in [0, 0.05) is 41.2 Å². The number of thiazole rings is 1. The smallest absolute Gasteiger partial charge is 0.427 e. The molecule has 182 valence electrons. The van der Waals surface area contributed by atoms with Gasteiger partial charge in [-0.25, -0.2) is 32.5 Å². The number of ether oxygens (including phenoxy) is 1. The van der Waals surface area contributed by atoms with E-state index in [1.54, 1.807) is 31.2 Å². The monoisotopic (exact) mass is 517 g/mol. The second kappa shape index (κ2) is 8.90. The molecule has 0 fully saturated rings. The summed E-state index contributed by atoms with van der Waals surface area (Å²) in [5.74, 6) is -6.13. The Morgan fingerprint density at radius 2 is 1.50 bits per heavy atom. The third kappa shape index (κ3) is 4.49. The summed E-state index contributed by atoms with van der Waals surface area (Å²) < 4.78 is 88.2. The molecule has 2 heterocycles. The largest absolute Gasteiger partial charge is 0.454 e. The first-order valence-electron chi connectivity index (χ1n) is 10.3. The standard InChI is InChI=1S/C25H13F6N3OS/c1-12-2-4-16(17(26)6-12)14-10-32-23(33-11-14)13-3-5-20-21(7-13)36-24(34-20)25(30,31)35-15-8-18(27)22(29)19(28)9-15/h2-11H,1H3. The second-order valence-corrected chi connectivity index (χ2v) is 8.83. The van der Waals surface area contributed by atoms with Crippen LogP contribution in [0.4, 0.5) is 26.3 Å². The van der Waals surface area contributed by atoms with Crippen LogP contribution in [0.15, 0.2) is 60.9 Å². The van der Waals surface area contributed by atoms with Crippen LogP contribution >= 0.6 is 11.3 Å². The van der Waals surface area contributed by atoms with Gasteiger partial charge in [-0.1, -0.05) is 12.1 Å². The number of aryl methyl sites for hydroxylation is 1. The van der Waals surface area contributed by atoms with E-state index in [1.165, 1.54) is 24.5 Å². The van der Waals surface area contributed by atoms with Gasteiger partial charge in [0.1, 0.15) is 11.6 Å². The summed E-state index contributed by atoms with van der Waals surface area (Å²) in [6, 6.07) is 10.1. The van der Waals surface area contributed by atoms with Crippen molar-refractivity contribution in [2.24, 2.45) is 0 Å². The van der Waals surface area contributed by atoms with Crippen molar-refractivity contribution < 1.29 is 31.1 Å². The zero-order valence-corrected chi connectivity index (χ0v) is 19.0. The number of hydrogen-bond donors (Lipinski definition) is 0. The molecule has 0 bridgehead atoms. The van der Waals surface area contributed by atoms with Crippen molar-refractivity contribution in [1.82, 2.24) is 15.0 Å². The Balaban J connectivity index is 1.42. The molecule has 5 aromatic rings. The van der Waals surface area contributed by atoms with E-state index in [2.05, 4.69) is 19.7 Å². The highest BCUT2D eigenvalue weighted by molar-refractivity contribution is 7.18. The maximum absolute atomic E-state index is 14.7. The van der Waals surface area contributed by atoms with Crippen molar-refractivity contribution >= 4 is 21.6 Å². The summed E-state index contributed by atoms with van der Waals surface area (Å²) in [5.41, 5.74) is 2.32. The van der Waals surface area contributed by atoms with Crippen LogP contribution in [0.2, 0.25) is 0 Å². The van der Waals surface area contributed by atoms with E-state index in [0.717, 1.165) is 5.56 Å². The van der Waals surface area contributed by atoms with E-state index in [0.29, 0.717) is 44.9 Å². The number of hydrogen-bond acceptors (Lipinski definition) is 5. The number of aromatic nitrogens is 3. The quantitative estimate of drug-likeness (QED) is 0.180. The zero-order chi connectivity index (χ0) is 25.6. The molecule has 0 aliphatic heterocycles. The van der Waals surface area contributed by atoms with Crippen LogP contribution in [0, 0.1) is 30.2 Å². The lowest BCUT2D eigenvalue weighted by atomic mass is 10.1. The molecule has 0 saturated heterocycles. The van der Waals surface area contributed by atoms with Crippen molar-refractivity contribution in [1.29, 1.82) is 0 Å². The van der Waals surface area contributed by atoms with Gasteiger partial charge in [-0.15, -0.1) is 11.3 Å². The molecule has 0 aliphatic carbocycles. The Hall–Kier alpha value is -3.99. The lowest BCUT2D eigenvalue weighted by Gasteiger charge is -2.15. The molecule has 0 atom stereocenters. The van der Waals surface area contributed by atoms with Gasteiger partial charge in [0.2, 0.25) is 5.01 Å². The van der Waals surface area contributed by atoms with Crippen molar-refractivity contribution in [2.45, 2.75) is 13.0 Å². The van der Waals surface area contributed by atoms with Gasteiger partial charge in [0.05, 0.1) is 10.2 Å². The number of fused-ring (bicyclic) bond motifs is 1. The molecule has 5 rings (SSSR count). The van der Waals surface area contributed by atoms with Gasteiger partial charge in [0.15, 0.2) is 23.3 Å². The molecular formula is C25H13F6N3OS. The topological polar surface area (TPSA) is 47.9 Å². The average molecular weight is 517 g/mol. The molecule has 0 spiro atoms. The molecule has 2 aromatic heterocycles. The first-order chi connectivity index (χ1) is 17.1. The third-order valence-electron chi connectivity index (χ3n) is 5.19. The lowest BCUT2D eigenvalue weighted by Crippen LogP contribution is -2.21. The Morgan fingerprint density at radius 3 is 2.17 bits per heavy atom. The highest BCUT2D eigenvalue weighted by atomic mass is 32.1. The minimum absolute atomic E-state index is 0.219. The van der Waals surface area contributed by atoms with Crippen LogP contribution in [0.25, 0.3) is 32.7 Å². The first kappa shape index (κ1) is 23.7. The summed E-state index contributed by atoms with van der Waals surface area (Å²) >= 11 is 0.594. The van der Waals surface area contributed by atoms with Crippen molar-refractivity contribution in [2.75, 3.05) is 0 Å². The molecule has 0 saturated carbocycles. The molecule has 0 unspecified atom stereocenters. The summed E-state index contributed by atoms with van der Waals surface area (Å²) in [4.78, 5) is 12.4. The molecule has 0 N–H and O–H groups in total. The fourth-order valence-electron chi connectivity index (χ4n) is 3.44. The zero-order valence-electron chi connectivity index (χ0n) is 18.2. The lowest BCUT2D eigenvalue weighted by molar-refractivity contribution is -0.185. The second-order valence-electron chi connectivity index (χ2n) is 7.80. The molecule has 3 aromatic carbocycles. The SMILES string of the molecule is Cc1ccc(-c2cnc(-c3ccc4nc(C(F)(F)Oc5cc(F)c(F)c(F)c5)sc4c3)nc2)c(F)c1. The molecule has 0 aliphatic rings. The van der Waals surface area contributed by atoms with Crippen LogP contribution in [-0.2, 0) is 6.11 Å². The van der Waals surface area contributed by atoms with E-state index >= 15 is 0 Å². The Kier molecular flexibility index (Phi) is 5.87. The van der Waals surface area contributed by atoms with E-state index < -0.39 is 40.1 Å². The van der Waals surface area contributed by atoms with E-state index in [1.807, 2.05) is 0 Å². The number of benzene rings is 3. The van der Waals surface area contributed by atoms with Gasteiger partial charge in [-0.05, 0) is 36.8 Å². The van der Waals surface area contributed by atoms with Crippen LogP contribution in [0.3, 0.4) is 0 Å². The fourth-order valence-corrected chi connectivity index (χ4v) is 4.36. The molecule has 0 radical (unpaired) electrons. The van der Waals surface area contributed by atoms with Crippen molar-refractivity contribution in [3.05, 3.63) is 94.8 Å². The number of alkyl halides is 2. The van der Waals surface area contributed by atoms with Crippen molar-refractivity contribution in [3.63, 3.8) is 0 Å². The number of nitrogens with zero attached hydrogens (tertiary/aromatic N) is 3. The van der Waals surface area contributed by atoms with E-state index in [-0.39, 0.29) is 11.3 Å². The van der Waals surface area contributed by atoms with Crippen LogP contribution in [-0.4, -0.2) is 15.0 Å². The third-order valence-corrected chi connectivity index (χ3v) is 6.26. The summed E-state index contributed by atoms with van der Waals surface area (Å²) in [5, 5.41) is -0.772. The summed E-state index contributed by atoms with van der Waals surface area (Å²) in [6.45, 7) is 1.78. The van der Waals surface area contributed by atoms with E-state index in [4.69, 9.17) is 0 Å². The van der Waals surface area contributed by atoms with Gasteiger partial charge < -0.3 is 4.74 Å². The van der Waals surface area contributed by atoms with Gasteiger partial charge in [-0.2, -0.15) is 8.78 Å². The number of halogens is 6. The number of rotatable bonds is 5. The fraction of sp³-hybridized carbons (Fsp3) is 0.0800. The molecule has 0 amide bonds. The first-order valence-corrected chi connectivity index (χ1v) is 11.1. The summed E-state index contributed by atoms with van der Waals surface area (Å²) in [6.07, 6.45) is -1.13. The maximum atomic E-state index is 14.7. The Morgan fingerprint density at radius 1 is 0.806 bits per heavy atom. The highest BCUT2D eigenvalue weighted by Gasteiger charge is 2.39. The predicted molar refractivity (Wildman–Crippen MR) is 122 cm³/mol. The van der Waals surface area contributed by atoms with Gasteiger partial charge in [0.25, 0.3) is 0 Å². The average Bonchev–Trinajstić information content (AvgIpc) is 3.27. The van der Waals surface area contributed by atoms with Crippen LogP contribution in [0.5, 0.6) is 5.75 Å². The Labute approximate surface area is 203 Å². The molecular weight excluding hydrogens is 504 g/mol. The van der Waals surface area contributed by atoms with Crippen LogP contribution in [0.1, 0.15) is 10.6 Å². The highest BCUT2D eigenvalue weighted by Crippen LogP contribution is 2.38. The normalized spacial score (nSPS) is 11.8. The van der Waals surface area contributed by atoms with Gasteiger partial charge >= 0.3 is 6.11 Å². The predicted octanol–water partition coefficient (Wildman–Crippen LogP) is 7.41. The van der Waals surface area contributed by atoms with Gasteiger partial charge in [-0.3, -0.25) is 0 Å². The Bertz CT molecular complexity index is 1580.